The van der Waals surface area contributed by atoms with Crippen molar-refractivity contribution in [3.05, 3.63) is 70.2 Å². The van der Waals surface area contributed by atoms with Crippen molar-refractivity contribution in [1.29, 1.82) is 0 Å². The molecule has 0 amide bonds. The largest absolute Gasteiger partial charge is 0.318 e. The minimum Gasteiger partial charge on any atom is -0.318 e. The normalized spacial score (nSPS) is 14.3. The molecule has 0 spiro atoms. The zero-order chi connectivity index (χ0) is 13.3. The summed E-state index contributed by atoms with van der Waals surface area (Å²) in [6, 6.07) is 9.86. The Morgan fingerprint density at radius 3 is 2.39 bits per heavy atom. The average molecular weight is 268 g/mol. The molecule has 1 atom stereocenters. The lowest BCUT2D eigenvalue weighted by molar-refractivity contribution is 0.570. The Kier molecular flexibility index (Phi) is 3.37. The van der Waals surface area contributed by atoms with Crippen molar-refractivity contribution in [2.24, 2.45) is 5.73 Å². The van der Waals surface area contributed by atoms with Gasteiger partial charge in [-0.3, -0.25) is 0 Å². The number of nitrogens with two attached hydrogens (primary N) is 1. The van der Waals surface area contributed by atoms with Gasteiger partial charge in [0.25, 0.3) is 0 Å². The van der Waals surface area contributed by atoms with Gasteiger partial charge in [-0.25, -0.2) is 8.78 Å². The van der Waals surface area contributed by atoms with E-state index in [1.165, 1.54) is 30.3 Å². The molecule has 0 aliphatic rings. The predicted molar refractivity (Wildman–Crippen MR) is 68.5 cm³/mol. The van der Waals surface area contributed by atoms with E-state index in [0.29, 0.717) is 16.1 Å². The molecule has 1 nitrogen and oxygen atoms in total. The first-order valence-corrected chi connectivity index (χ1v) is 5.79. The van der Waals surface area contributed by atoms with Gasteiger partial charge >= 0.3 is 0 Å². The molecule has 1 unspecified atom stereocenters. The second-order valence-electron chi connectivity index (χ2n) is 4.34. The Morgan fingerprint density at radius 2 is 1.72 bits per heavy atom. The number of rotatable bonds is 2. The van der Waals surface area contributed by atoms with E-state index in [4.69, 9.17) is 17.3 Å². The highest BCUT2D eigenvalue weighted by atomic mass is 35.5. The van der Waals surface area contributed by atoms with Crippen LogP contribution in [0.4, 0.5) is 8.78 Å². The van der Waals surface area contributed by atoms with Crippen LogP contribution in [0.5, 0.6) is 0 Å². The van der Waals surface area contributed by atoms with E-state index >= 15 is 0 Å². The van der Waals surface area contributed by atoms with Gasteiger partial charge in [0.2, 0.25) is 0 Å². The van der Waals surface area contributed by atoms with Gasteiger partial charge in [0.15, 0.2) is 0 Å². The first-order valence-electron chi connectivity index (χ1n) is 5.42. The monoisotopic (exact) mass is 267 g/mol. The SMILES string of the molecule is CC(N)(c1cccc(F)c1)c1cc(F)ccc1Cl. The predicted octanol–water partition coefficient (Wildman–Crippen LogP) is 3.84. The second-order valence-corrected chi connectivity index (χ2v) is 4.74. The lowest BCUT2D eigenvalue weighted by atomic mass is 9.85. The van der Waals surface area contributed by atoms with Gasteiger partial charge in [-0.2, -0.15) is 0 Å². The van der Waals surface area contributed by atoms with E-state index < -0.39 is 17.2 Å². The fourth-order valence-electron chi connectivity index (χ4n) is 1.86. The number of hydrogen-bond donors (Lipinski definition) is 1. The van der Waals surface area contributed by atoms with Crippen molar-refractivity contribution < 1.29 is 8.78 Å². The highest BCUT2D eigenvalue weighted by molar-refractivity contribution is 6.31. The maximum Gasteiger partial charge on any atom is 0.123 e. The Labute approximate surface area is 109 Å². The molecule has 2 aromatic rings. The molecule has 0 aliphatic carbocycles. The van der Waals surface area contributed by atoms with Crippen LogP contribution in [0.25, 0.3) is 0 Å². The fourth-order valence-corrected chi connectivity index (χ4v) is 2.18. The summed E-state index contributed by atoms with van der Waals surface area (Å²) in [6.45, 7) is 1.67. The van der Waals surface area contributed by atoms with E-state index in [1.54, 1.807) is 19.1 Å². The molecule has 2 aromatic carbocycles. The molecule has 4 heteroatoms. The van der Waals surface area contributed by atoms with Gasteiger partial charge in [-0.1, -0.05) is 23.7 Å². The third-order valence-corrected chi connectivity index (χ3v) is 3.24. The quantitative estimate of drug-likeness (QED) is 0.879. The summed E-state index contributed by atoms with van der Waals surface area (Å²) in [5.41, 5.74) is 6.09. The molecule has 0 radical (unpaired) electrons. The fraction of sp³-hybridized carbons (Fsp3) is 0.143. The zero-order valence-corrected chi connectivity index (χ0v) is 10.5. The topological polar surface area (TPSA) is 26.0 Å². The van der Waals surface area contributed by atoms with Crippen LogP contribution in [0.1, 0.15) is 18.1 Å². The Balaban J connectivity index is 2.57. The molecular weight excluding hydrogens is 256 g/mol. The van der Waals surface area contributed by atoms with Crippen molar-refractivity contribution in [3.8, 4) is 0 Å². The minimum atomic E-state index is -1.05. The highest BCUT2D eigenvalue weighted by Gasteiger charge is 2.27. The lowest BCUT2D eigenvalue weighted by Gasteiger charge is -2.27. The van der Waals surface area contributed by atoms with E-state index in [-0.39, 0.29) is 0 Å². The van der Waals surface area contributed by atoms with Crippen molar-refractivity contribution in [2.45, 2.75) is 12.5 Å². The molecule has 0 saturated heterocycles. The van der Waals surface area contributed by atoms with Gasteiger partial charge in [0, 0.05) is 5.02 Å². The van der Waals surface area contributed by atoms with Crippen LogP contribution in [0.15, 0.2) is 42.5 Å². The average Bonchev–Trinajstić information content (AvgIpc) is 2.32. The van der Waals surface area contributed by atoms with Crippen LogP contribution in [-0.4, -0.2) is 0 Å². The van der Waals surface area contributed by atoms with Crippen LogP contribution < -0.4 is 5.73 Å². The summed E-state index contributed by atoms with van der Waals surface area (Å²) in [5, 5.41) is 0.352. The van der Waals surface area contributed by atoms with Crippen molar-refractivity contribution in [1.82, 2.24) is 0 Å². The van der Waals surface area contributed by atoms with E-state index in [2.05, 4.69) is 0 Å². The standard InChI is InChI=1S/C14H12ClF2N/c1-14(18,9-3-2-4-10(16)7-9)12-8-11(17)5-6-13(12)15/h2-8H,18H2,1H3. The smallest absolute Gasteiger partial charge is 0.123 e. The molecule has 0 aromatic heterocycles. The molecule has 18 heavy (non-hydrogen) atoms. The molecule has 0 heterocycles. The van der Waals surface area contributed by atoms with Gasteiger partial charge in [-0.05, 0) is 48.4 Å². The van der Waals surface area contributed by atoms with Crippen molar-refractivity contribution in [2.75, 3.05) is 0 Å². The zero-order valence-electron chi connectivity index (χ0n) is 9.75. The number of halogens is 3. The Hall–Kier alpha value is -1.45. The van der Waals surface area contributed by atoms with Crippen LogP contribution in [-0.2, 0) is 5.54 Å². The summed E-state index contributed by atoms with van der Waals surface area (Å²) in [7, 11) is 0. The third kappa shape index (κ3) is 2.37. The maximum absolute atomic E-state index is 13.3. The van der Waals surface area contributed by atoms with E-state index in [0.717, 1.165) is 0 Å². The van der Waals surface area contributed by atoms with Gasteiger partial charge in [-0.15, -0.1) is 0 Å². The molecule has 94 valence electrons. The van der Waals surface area contributed by atoms with Crippen LogP contribution >= 0.6 is 11.6 Å². The van der Waals surface area contributed by atoms with E-state index in [1.807, 2.05) is 0 Å². The highest BCUT2D eigenvalue weighted by Crippen LogP contribution is 2.32. The van der Waals surface area contributed by atoms with Crippen LogP contribution in [0.3, 0.4) is 0 Å². The summed E-state index contributed by atoms with van der Waals surface area (Å²) in [6.07, 6.45) is 0. The molecule has 2 rings (SSSR count). The van der Waals surface area contributed by atoms with Crippen molar-refractivity contribution >= 4 is 11.6 Å². The molecule has 0 fully saturated rings. The summed E-state index contributed by atoms with van der Waals surface area (Å²) < 4.78 is 26.5. The first-order chi connectivity index (χ1) is 8.41. The van der Waals surface area contributed by atoms with Crippen LogP contribution in [0.2, 0.25) is 5.02 Å². The second kappa shape index (κ2) is 4.67. The number of benzene rings is 2. The molecular formula is C14H12ClF2N. The maximum atomic E-state index is 13.3. The molecule has 2 N–H and O–H groups in total. The molecule has 0 saturated carbocycles. The van der Waals surface area contributed by atoms with Gasteiger partial charge in [0.05, 0.1) is 5.54 Å². The summed E-state index contributed by atoms with van der Waals surface area (Å²) in [4.78, 5) is 0. The van der Waals surface area contributed by atoms with E-state index in [9.17, 15) is 8.78 Å². The van der Waals surface area contributed by atoms with Crippen LogP contribution in [0, 0.1) is 11.6 Å². The Bertz CT molecular complexity index is 582. The van der Waals surface area contributed by atoms with Gasteiger partial charge < -0.3 is 5.73 Å². The number of hydrogen-bond acceptors (Lipinski definition) is 1. The lowest BCUT2D eigenvalue weighted by Crippen LogP contribution is -2.34. The minimum absolute atomic E-state index is 0.352. The van der Waals surface area contributed by atoms with Gasteiger partial charge in [0.1, 0.15) is 11.6 Å². The van der Waals surface area contributed by atoms with Crippen molar-refractivity contribution in [3.63, 3.8) is 0 Å². The first kappa shape index (κ1) is 13.0. The molecule has 0 bridgehead atoms. The Morgan fingerprint density at radius 1 is 1.06 bits per heavy atom. The third-order valence-electron chi connectivity index (χ3n) is 2.91. The molecule has 0 aliphatic heterocycles. The summed E-state index contributed by atoms with van der Waals surface area (Å²) >= 11 is 6.03. The summed E-state index contributed by atoms with van der Waals surface area (Å²) in [5.74, 6) is -0.820.